The maximum Gasteiger partial charge on any atom is 0.213 e. The van der Waals surface area contributed by atoms with E-state index in [9.17, 15) is 0 Å². The van der Waals surface area contributed by atoms with E-state index in [2.05, 4.69) is 34.0 Å². The molecule has 0 unspecified atom stereocenters. The topological polar surface area (TPSA) is 49.8 Å². The summed E-state index contributed by atoms with van der Waals surface area (Å²) in [7, 11) is 1.85. The molecule has 0 amide bonds. The summed E-state index contributed by atoms with van der Waals surface area (Å²) in [5, 5.41) is 3.48. The van der Waals surface area contributed by atoms with Crippen LogP contribution in [0, 0.1) is 5.92 Å². The van der Waals surface area contributed by atoms with E-state index in [1.165, 1.54) is 18.4 Å². The number of guanidine groups is 1. The lowest BCUT2D eigenvalue weighted by Crippen LogP contribution is -2.50. The number of hydrogen-bond donors (Lipinski definition) is 1. The average Bonchev–Trinajstić information content (AvgIpc) is 3.37. The van der Waals surface area contributed by atoms with Crippen molar-refractivity contribution in [2.75, 3.05) is 32.5 Å². The van der Waals surface area contributed by atoms with Gasteiger partial charge in [0.25, 0.3) is 0 Å². The van der Waals surface area contributed by atoms with Gasteiger partial charge in [-0.2, -0.15) is 11.8 Å². The first kappa shape index (κ1) is 17.4. The predicted molar refractivity (Wildman–Crippen MR) is 101 cm³/mol. The van der Waals surface area contributed by atoms with E-state index in [0.717, 1.165) is 49.8 Å². The van der Waals surface area contributed by atoms with Crippen LogP contribution in [-0.2, 0) is 6.54 Å². The van der Waals surface area contributed by atoms with E-state index in [1.807, 2.05) is 37.1 Å². The molecule has 0 radical (unpaired) electrons. The van der Waals surface area contributed by atoms with E-state index in [-0.39, 0.29) is 4.75 Å². The molecule has 3 rings (SSSR count). The Morgan fingerprint density at radius 1 is 1.50 bits per heavy atom. The van der Waals surface area contributed by atoms with Gasteiger partial charge in [0.1, 0.15) is 0 Å². The molecule has 1 saturated heterocycles. The number of nitrogens with one attached hydrogen (secondary N) is 1. The predicted octanol–water partition coefficient (Wildman–Crippen LogP) is 2.77. The number of rotatable bonds is 5. The molecule has 0 atom stereocenters. The molecule has 0 bridgehead atoms. The number of aromatic nitrogens is 1. The zero-order chi connectivity index (χ0) is 17.0. The molecule has 5 nitrogen and oxygen atoms in total. The molecule has 0 aromatic carbocycles. The van der Waals surface area contributed by atoms with Crippen molar-refractivity contribution in [3.05, 3.63) is 23.9 Å². The first-order valence-electron chi connectivity index (χ1n) is 8.73. The third-order valence-electron chi connectivity index (χ3n) is 4.35. The number of thioether (sulfide) groups is 1. The van der Waals surface area contributed by atoms with Gasteiger partial charge < -0.3 is 15.0 Å². The second-order valence-corrected chi connectivity index (χ2v) is 8.99. The molecule has 2 fully saturated rings. The smallest absolute Gasteiger partial charge is 0.213 e. The van der Waals surface area contributed by atoms with E-state index < -0.39 is 0 Å². The van der Waals surface area contributed by atoms with Crippen LogP contribution in [0.25, 0.3) is 0 Å². The fourth-order valence-electron chi connectivity index (χ4n) is 2.84. The summed E-state index contributed by atoms with van der Waals surface area (Å²) in [6, 6.07) is 4.05. The summed E-state index contributed by atoms with van der Waals surface area (Å²) in [5.41, 5.74) is 1.17. The van der Waals surface area contributed by atoms with Crippen LogP contribution in [0.1, 0.15) is 32.3 Å². The molecule has 1 aromatic rings. The molecule has 1 aromatic heterocycles. The summed E-state index contributed by atoms with van der Waals surface area (Å²) in [6.45, 7) is 8.18. The number of aliphatic imine (C=N–C) groups is 1. The van der Waals surface area contributed by atoms with Crippen molar-refractivity contribution in [2.24, 2.45) is 10.9 Å². The summed E-state index contributed by atoms with van der Waals surface area (Å²) < 4.78 is 6.04. The Morgan fingerprint density at radius 3 is 3.04 bits per heavy atom. The van der Waals surface area contributed by atoms with Gasteiger partial charge in [0, 0.05) is 49.4 Å². The quantitative estimate of drug-likeness (QED) is 0.655. The molecular formula is C18H28N4OS. The number of nitrogens with zero attached hydrogens (tertiary/aromatic N) is 3. The van der Waals surface area contributed by atoms with Crippen LogP contribution in [0.15, 0.2) is 23.3 Å². The Kier molecular flexibility index (Phi) is 5.54. The van der Waals surface area contributed by atoms with Crippen LogP contribution < -0.4 is 10.1 Å². The fraction of sp³-hybridized carbons (Fsp3) is 0.667. The molecule has 2 aliphatic rings. The van der Waals surface area contributed by atoms with E-state index >= 15 is 0 Å². The summed E-state index contributed by atoms with van der Waals surface area (Å²) in [4.78, 5) is 11.1. The molecule has 24 heavy (non-hydrogen) atoms. The maximum atomic E-state index is 5.77. The molecule has 2 heterocycles. The van der Waals surface area contributed by atoms with Gasteiger partial charge >= 0.3 is 0 Å². The minimum atomic E-state index is 0.274. The van der Waals surface area contributed by atoms with Gasteiger partial charge in [-0.1, -0.05) is 0 Å². The monoisotopic (exact) mass is 348 g/mol. The van der Waals surface area contributed by atoms with Gasteiger partial charge in [-0.3, -0.25) is 4.99 Å². The third-order valence-corrected chi connectivity index (χ3v) is 5.65. The van der Waals surface area contributed by atoms with Crippen molar-refractivity contribution < 1.29 is 4.74 Å². The molecular weight excluding hydrogens is 320 g/mol. The van der Waals surface area contributed by atoms with Crippen molar-refractivity contribution in [3.8, 4) is 5.88 Å². The molecule has 1 N–H and O–H groups in total. The zero-order valence-corrected chi connectivity index (χ0v) is 15.7. The van der Waals surface area contributed by atoms with Crippen molar-refractivity contribution in [2.45, 2.75) is 38.0 Å². The Morgan fingerprint density at radius 2 is 2.33 bits per heavy atom. The Balaban J connectivity index is 1.54. The van der Waals surface area contributed by atoms with E-state index in [4.69, 9.17) is 4.74 Å². The maximum absolute atomic E-state index is 5.77. The van der Waals surface area contributed by atoms with Crippen LogP contribution in [0.5, 0.6) is 5.88 Å². The largest absolute Gasteiger partial charge is 0.477 e. The number of ether oxygens (including phenoxy) is 1. The lowest BCUT2D eigenvalue weighted by molar-refractivity contribution is 0.288. The molecule has 1 aliphatic heterocycles. The van der Waals surface area contributed by atoms with Crippen molar-refractivity contribution >= 4 is 17.7 Å². The van der Waals surface area contributed by atoms with Gasteiger partial charge in [0.05, 0.1) is 6.61 Å². The van der Waals surface area contributed by atoms with Crippen molar-refractivity contribution in [1.82, 2.24) is 15.2 Å². The Bertz CT molecular complexity index is 586. The SMILES string of the molecule is CN=C(NCc1ccnc(OCC2CC2)c1)N1CCSC(C)(C)C1. The highest BCUT2D eigenvalue weighted by molar-refractivity contribution is 8.00. The van der Waals surface area contributed by atoms with Gasteiger partial charge in [0.15, 0.2) is 5.96 Å². The van der Waals surface area contributed by atoms with Crippen LogP contribution in [-0.4, -0.2) is 53.1 Å². The van der Waals surface area contributed by atoms with Crippen molar-refractivity contribution in [1.29, 1.82) is 0 Å². The Labute approximate surface area is 149 Å². The molecule has 1 aliphatic carbocycles. The summed E-state index contributed by atoms with van der Waals surface area (Å²) >= 11 is 2.03. The summed E-state index contributed by atoms with van der Waals surface area (Å²) in [6.07, 6.45) is 4.41. The van der Waals surface area contributed by atoms with Crippen LogP contribution in [0.2, 0.25) is 0 Å². The molecule has 6 heteroatoms. The Hall–Kier alpha value is -1.43. The first-order valence-corrected chi connectivity index (χ1v) is 9.71. The normalized spacial score (nSPS) is 20.8. The zero-order valence-electron chi connectivity index (χ0n) is 14.9. The van der Waals surface area contributed by atoms with E-state index in [1.54, 1.807) is 0 Å². The number of hydrogen-bond acceptors (Lipinski definition) is 4. The fourth-order valence-corrected chi connectivity index (χ4v) is 3.95. The van der Waals surface area contributed by atoms with Gasteiger partial charge in [-0.25, -0.2) is 4.98 Å². The van der Waals surface area contributed by atoms with E-state index in [0.29, 0.717) is 0 Å². The number of pyridine rings is 1. The second kappa shape index (κ2) is 7.64. The highest BCUT2D eigenvalue weighted by Crippen LogP contribution is 2.30. The standard InChI is InChI=1S/C18H28N4OS/c1-18(2)13-22(8-9-24-18)17(19-3)21-11-15-6-7-20-16(10-15)23-12-14-4-5-14/h6-7,10,14H,4-5,8-9,11-13H2,1-3H3,(H,19,21). The minimum absolute atomic E-state index is 0.274. The summed E-state index contributed by atoms with van der Waals surface area (Å²) in [5.74, 6) is 3.59. The highest BCUT2D eigenvalue weighted by Gasteiger charge is 2.28. The highest BCUT2D eigenvalue weighted by atomic mass is 32.2. The second-order valence-electron chi connectivity index (χ2n) is 7.19. The van der Waals surface area contributed by atoms with Gasteiger partial charge in [-0.05, 0) is 44.2 Å². The van der Waals surface area contributed by atoms with Gasteiger partial charge in [-0.15, -0.1) is 0 Å². The molecule has 1 saturated carbocycles. The lowest BCUT2D eigenvalue weighted by Gasteiger charge is -2.39. The van der Waals surface area contributed by atoms with Crippen LogP contribution in [0.3, 0.4) is 0 Å². The third kappa shape index (κ3) is 5.03. The molecule has 132 valence electrons. The average molecular weight is 349 g/mol. The van der Waals surface area contributed by atoms with Gasteiger partial charge in [0.2, 0.25) is 5.88 Å². The first-order chi connectivity index (χ1) is 11.6. The minimum Gasteiger partial charge on any atom is -0.477 e. The van der Waals surface area contributed by atoms with Crippen molar-refractivity contribution in [3.63, 3.8) is 0 Å². The van der Waals surface area contributed by atoms with Crippen LogP contribution >= 0.6 is 11.8 Å². The lowest BCUT2D eigenvalue weighted by atomic mass is 10.2. The molecule has 0 spiro atoms. The van der Waals surface area contributed by atoms with Crippen LogP contribution in [0.4, 0.5) is 0 Å².